The van der Waals surface area contributed by atoms with Crippen LogP contribution >= 0.6 is 0 Å². The molecule has 19 heavy (non-hydrogen) atoms. The van der Waals surface area contributed by atoms with E-state index in [1.54, 1.807) is 6.92 Å². The summed E-state index contributed by atoms with van der Waals surface area (Å²) in [6, 6.07) is 1.01. The number of sulfonamides is 1. The Hall–Kier alpha value is -1.87. The van der Waals surface area contributed by atoms with Crippen molar-refractivity contribution in [2.24, 2.45) is 0 Å². The molecule has 4 N–H and O–H groups in total. The largest absolute Gasteiger partial charge is 0.477 e. The molecule has 1 aromatic rings. The standard InChI is InChI=1S/C10H15N3O5S/c1-2-11-9(14)3-4-13-19(17,18)7-5-8(10(15)16)12-6-7/h5-6,12-13H,2-4H2,1H3,(H,11,14)(H,15,16). The molecule has 0 spiro atoms. The molecule has 8 nitrogen and oxygen atoms in total. The Morgan fingerprint density at radius 3 is 2.63 bits per heavy atom. The van der Waals surface area contributed by atoms with Gasteiger partial charge in [-0.2, -0.15) is 0 Å². The lowest BCUT2D eigenvalue weighted by atomic mass is 10.4. The van der Waals surface area contributed by atoms with Gasteiger partial charge in [-0.1, -0.05) is 0 Å². The van der Waals surface area contributed by atoms with E-state index in [1.807, 2.05) is 0 Å². The minimum absolute atomic E-state index is 0.0171. The molecule has 1 rings (SSSR count). The van der Waals surface area contributed by atoms with Crippen LogP contribution in [0.15, 0.2) is 17.2 Å². The highest BCUT2D eigenvalue weighted by Gasteiger charge is 2.18. The molecule has 0 atom stereocenters. The Kier molecular flexibility index (Phi) is 5.07. The van der Waals surface area contributed by atoms with Gasteiger partial charge in [0.25, 0.3) is 0 Å². The van der Waals surface area contributed by atoms with Crippen molar-refractivity contribution in [1.82, 2.24) is 15.0 Å². The van der Waals surface area contributed by atoms with Crippen LogP contribution in [0.3, 0.4) is 0 Å². The normalized spacial score (nSPS) is 11.2. The molecule has 0 unspecified atom stereocenters. The fraction of sp³-hybridized carbons (Fsp3) is 0.400. The molecule has 0 aliphatic rings. The summed E-state index contributed by atoms with van der Waals surface area (Å²) in [6.07, 6.45) is 1.10. The second-order valence-electron chi connectivity index (χ2n) is 3.66. The summed E-state index contributed by atoms with van der Waals surface area (Å²) < 4.78 is 25.7. The molecule has 0 radical (unpaired) electrons. The summed E-state index contributed by atoms with van der Waals surface area (Å²) in [5.74, 6) is -1.51. The lowest BCUT2D eigenvalue weighted by molar-refractivity contribution is -0.120. The molecule has 0 saturated carbocycles. The van der Waals surface area contributed by atoms with Gasteiger partial charge in [-0.25, -0.2) is 17.9 Å². The summed E-state index contributed by atoms with van der Waals surface area (Å²) in [4.78, 5) is 23.9. The molecule has 1 amide bonds. The van der Waals surface area contributed by atoms with E-state index in [4.69, 9.17) is 5.11 Å². The van der Waals surface area contributed by atoms with Crippen LogP contribution in [0.2, 0.25) is 0 Å². The van der Waals surface area contributed by atoms with Gasteiger partial charge in [0, 0.05) is 25.7 Å². The molecule has 0 aliphatic carbocycles. The monoisotopic (exact) mass is 289 g/mol. The summed E-state index contributed by atoms with van der Waals surface area (Å²) in [6.45, 7) is 2.18. The smallest absolute Gasteiger partial charge is 0.352 e. The number of aromatic nitrogens is 1. The fourth-order valence-electron chi connectivity index (χ4n) is 1.32. The van der Waals surface area contributed by atoms with Gasteiger partial charge in [0.05, 0.1) is 0 Å². The van der Waals surface area contributed by atoms with Crippen LogP contribution in [0.1, 0.15) is 23.8 Å². The SMILES string of the molecule is CCNC(=O)CCNS(=O)(=O)c1c[nH]c(C(=O)O)c1. The lowest BCUT2D eigenvalue weighted by Gasteiger charge is -2.04. The van der Waals surface area contributed by atoms with Crippen molar-refractivity contribution in [3.05, 3.63) is 18.0 Å². The van der Waals surface area contributed by atoms with Crippen molar-refractivity contribution in [3.63, 3.8) is 0 Å². The van der Waals surface area contributed by atoms with Gasteiger partial charge in [-0.05, 0) is 13.0 Å². The molecule has 0 aliphatic heterocycles. The van der Waals surface area contributed by atoms with Crippen LogP contribution in [-0.2, 0) is 14.8 Å². The Labute approximate surface area is 110 Å². The second-order valence-corrected chi connectivity index (χ2v) is 5.42. The van der Waals surface area contributed by atoms with E-state index in [2.05, 4.69) is 15.0 Å². The van der Waals surface area contributed by atoms with E-state index in [-0.39, 0.29) is 29.5 Å². The molecule has 0 aromatic carbocycles. The predicted octanol–water partition coefficient (Wildman–Crippen LogP) is -0.483. The third kappa shape index (κ3) is 4.38. The van der Waals surface area contributed by atoms with Crippen molar-refractivity contribution in [1.29, 1.82) is 0 Å². The van der Waals surface area contributed by atoms with E-state index in [0.717, 1.165) is 12.3 Å². The predicted molar refractivity (Wildman–Crippen MR) is 66.2 cm³/mol. The van der Waals surface area contributed by atoms with Crippen LogP contribution in [0.5, 0.6) is 0 Å². The number of nitrogens with one attached hydrogen (secondary N) is 3. The Balaban J connectivity index is 2.60. The molecule has 1 aromatic heterocycles. The van der Waals surface area contributed by atoms with E-state index in [9.17, 15) is 18.0 Å². The number of carbonyl (C=O) groups excluding carboxylic acids is 1. The van der Waals surface area contributed by atoms with Gasteiger partial charge < -0.3 is 15.4 Å². The maximum absolute atomic E-state index is 11.8. The van der Waals surface area contributed by atoms with Gasteiger partial charge in [0.2, 0.25) is 15.9 Å². The minimum atomic E-state index is -3.81. The highest BCUT2D eigenvalue weighted by atomic mass is 32.2. The fourth-order valence-corrected chi connectivity index (χ4v) is 2.35. The molecule has 1 heterocycles. The zero-order valence-corrected chi connectivity index (χ0v) is 11.1. The van der Waals surface area contributed by atoms with Crippen molar-refractivity contribution < 1.29 is 23.1 Å². The number of aromatic carboxylic acids is 1. The lowest BCUT2D eigenvalue weighted by Crippen LogP contribution is -2.30. The molecular weight excluding hydrogens is 274 g/mol. The van der Waals surface area contributed by atoms with Gasteiger partial charge in [-0.15, -0.1) is 0 Å². The van der Waals surface area contributed by atoms with Gasteiger partial charge in [0.15, 0.2) is 0 Å². The molecule has 0 fully saturated rings. The van der Waals surface area contributed by atoms with E-state index in [0.29, 0.717) is 6.54 Å². The zero-order chi connectivity index (χ0) is 14.5. The highest BCUT2D eigenvalue weighted by Crippen LogP contribution is 2.10. The molecular formula is C10H15N3O5S. The second kappa shape index (κ2) is 6.34. The molecule has 106 valence electrons. The topological polar surface area (TPSA) is 128 Å². The summed E-state index contributed by atoms with van der Waals surface area (Å²) in [7, 11) is -3.81. The van der Waals surface area contributed by atoms with Crippen molar-refractivity contribution in [2.45, 2.75) is 18.2 Å². The third-order valence-electron chi connectivity index (χ3n) is 2.22. The van der Waals surface area contributed by atoms with Crippen LogP contribution in [0.25, 0.3) is 0 Å². The van der Waals surface area contributed by atoms with Crippen LogP contribution in [0, 0.1) is 0 Å². The number of carboxylic acids is 1. The van der Waals surface area contributed by atoms with Crippen molar-refractivity contribution in [3.8, 4) is 0 Å². The first-order chi connectivity index (χ1) is 8.86. The van der Waals surface area contributed by atoms with E-state index < -0.39 is 16.0 Å². The Bertz CT molecular complexity index is 563. The number of hydrogen-bond donors (Lipinski definition) is 4. The third-order valence-corrected chi connectivity index (χ3v) is 3.66. The minimum Gasteiger partial charge on any atom is -0.477 e. The maximum Gasteiger partial charge on any atom is 0.352 e. The highest BCUT2D eigenvalue weighted by molar-refractivity contribution is 7.89. The van der Waals surface area contributed by atoms with E-state index >= 15 is 0 Å². The van der Waals surface area contributed by atoms with Gasteiger partial charge in [-0.3, -0.25) is 4.79 Å². The van der Waals surface area contributed by atoms with Gasteiger partial charge >= 0.3 is 5.97 Å². The Morgan fingerprint density at radius 1 is 1.42 bits per heavy atom. The average Bonchev–Trinajstić information content (AvgIpc) is 2.79. The van der Waals surface area contributed by atoms with Crippen LogP contribution in [-0.4, -0.2) is 43.5 Å². The first-order valence-corrected chi connectivity index (χ1v) is 7.03. The summed E-state index contributed by atoms with van der Waals surface area (Å²) in [5, 5.41) is 11.2. The number of amides is 1. The van der Waals surface area contributed by atoms with Crippen LogP contribution < -0.4 is 10.0 Å². The number of rotatable bonds is 7. The Morgan fingerprint density at radius 2 is 2.11 bits per heavy atom. The molecule has 0 saturated heterocycles. The first kappa shape index (κ1) is 15.2. The number of carbonyl (C=O) groups is 2. The first-order valence-electron chi connectivity index (χ1n) is 5.55. The number of H-pyrrole nitrogens is 1. The summed E-state index contributed by atoms with van der Waals surface area (Å²) >= 11 is 0. The number of aromatic amines is 1. The van der Waals surface area contributed by atoms with Crippen LogP contribution in [0.4, 0.5) is 0 Å². The van der Waals surface area contributed by atoms with Gasteiger partial charge in [0.1, 0.15) is 10.6 Å². The number of carboxylic acid groups (broad SMARTS) is 1. The maximum atomic E-state index is 11.8. The van der Waals surface area contributed by atoms with Crippen molar-refractivity contribution >= 4 is 21.9 Å². The van der Waals surface area contributed by atoms with E-state index in [1.165, 1.54) is 0 Å². The molecule has 0 bridgehead atoms. The number of hydrogen-bond acceptors (Lipinski definition) is 4. The quantitative estimate of drug-likeness (QED) is 0.539. The molecule has 9 heteroatoms. The zero-order valence-electron chi connectivity index (χ0n) is 10.3. The average molecular weight is 289 g/mol. The van der Waals surface area contributed by atoms with Crippen molar-refractivity contribution in [2.75, 3.05) is 13.1 Å². The summed E-state index contributed by atoms with van der Waals surface area (Å²) in [5.41, 5.74) is -0.218.